The highest BCUT2D eigenvalue weighted by Crippen LogP contribution is 2.42. The zero-order valence-corrected chi connectivity index (χ0v) is 13.7. The van der Waals surface area contributed by atoms with Crippen molar-refractivity contribution in [2.45, 2.75) is 83.2 Å². The van der Waals surface area contributed by atoms with E-state index in [1.807, 2.05) is 0 Å². The van der Waals surface area contributed by atoms with E-state index in [0.717, 1.165) is 30.8 Å². The normalized spacial score (nSPS) is 36.1. The highest BCUT2D eigenvalue weighted by Gasteiger charge is 2.32. The molecule has 3 rings (SSSR count). The van der Waals surface area contributed by atoms with Crippen LogP contribution in [0, 0.1) is 23.7 Å². The minimum absolute atomic E-state index is 0.101. The summed E-state index contributed by atoms with van der Waals surface area (Å²) in [6.45, 7) is 1.97. The Kier molecular flexibility index (Phi) is 5.99. The van der Waals surface area contributed by atoms with Crippen LogP contribution in [0.25, 0.3) is 0 Å². The topological polar surface area (TPSA) is 32.3 Å². The van der Waals surface area contributed by atoms with Gasteiger partial charge in [-0.2, -0.15) is 0 Å². The number of aliphatic hydroxyl groups is 1. The molecule has 3 saturated carbocycles. The molecule has 0 spiro atoms. The molecule has 21 heavy (non-hydrogen) atoms. The summed E-state index contributed by atoms with van der Waals surface area (Å²) in [6, 6.07) is 0. The molecule has 0 heterocycles. The van der Waals surface area contributed by atoms with Crippen LogP contribution in [0.2, 0.25) is 0 Å². The standard InChI is InChI=1S/C19H35NO/c21-19(17-7-2-1-3-8-17)14-20-13-15-10-11-16-6-4-5-9-18(16)12-15/h15-21H,1-14H2. The van der Waals surface area contributed by atoms with Crippen LogP contribution in [0.3, 0.4) is 0 Å². The molecular weight excluding hydrogens is 258 g/mol. The minimum atomic E-state index is -0.101. The predicted octanol–water partition coefficient (Wildman–Crippen LogP) is 4.12. The highest BCUT2D eigenvalue weighted by molar-refractivity contribution is 4.84. The molecule has 0 radical (unpaired) electrons. The summed E-state index contributed by atoms with van der Waals surface area (Å²) in [6.07, 6.45) is 16.7. The van der Waals surface area contributed by atoms with E-state index in [-0.39, 0.29) is 6.10 Å². The van der Waals surface area contributed by atoms with Crippen molar-refractivity contribution in [1.29, 1.82) is 0 Å². The number of nitrogens with one attached hydrogen (secondary N) is 1. The Balaban J connectivity index is 1.33. The van der Waals surface area contributed by atoms with Gasteiger partial charge in [-0.25, -0.2) is 0 Å². The quantitative estimate of drug-likeness (QED) is 0.799. The summed E-state index contributed by atoms with van der Waals surface area (Å²) in [4.78, 5) is 0. The van der Waals surface area contributed by atoms with Crippen molar-refractivity contribution in [1.82, 2.24) is 5.32 Å². The van der Waals surface area contributed by atoms with Gasteiger partial charge in [-0.05, 0) is 62.3 Å². The molecule has 0 saturated heterocycles. The van der Waals surface area contributed by atoms with Crippen molar-refractivity contribution in [3.8, 4) is 0 Å². The van der Waals surface area contributed by atoms with Crippen molar-refractivity contribution >= 4 is 0 Å². The van der Waals surface area contributed by atoms with E-state index in [9.17, 15) is 5.11 Å². The van der Waals surface area contributed by atoms with Gasteiger partial charge in [0.25, 0.3) is 0 Å². The molecule has 4 unspecified atom stereocenters. The van der Waals surface area contributed by atoms with Crippen LogP contribution in [0.5, 0.6) is 0 Å². The fourth-order valence-corrected chi connectivity index (χ4v) is 5.28. The van der Waals surface area contributed by atoms with E-state index >= 15 is 0 Å². The molecule has 3 aliphatic carbocycles. The van der Waals surface area contributed by atoms with Gasteiger partial charge in [0.05, 0.1) is 6.10 Å². The molecule has 4 atom stereocenters. The Labute approximate surface area is 131 Å². The van der Waals surface area contributed by atoms with Crippen LogP contribution in [-0.4, -0.2) is 24.3 Å². The lowest BCUT2D eigenvalue weighted by Gasteiger charge is -2.39. The summed E-state index contributed by atoms with van der Waals surface area (Å²) >= 11 is 0. The molecule has 0 amide bonds. The molecule has 3 aliphatic rings. The Bertz CT molecular complexity index is 300. The lowest BCUT2D eigenvalue weighted by Crippen LogP contribution is -2.38. The first-order valence-corrected chi connectivity index (χ1v) is 9.71. The predicted molar refractivity (Wildman–Crippen MR) is 88.2 cm³/mol. The second-order valence-corrected chi connectivity index (χ2v) is 8.11. The monoisotopic (exact) mass is 293 g/mol. The van der Waals surface area contributed by atoms with Crippen LogP contribution in [0.1, 0.15) is 77.0 Å². The SMILES string of the molecule is OC(CNCC1CCC2CCCCC2C1)C1CCCCC1. The molecular formula is C19H35NO. The molecule has 122 valence electrons. The van der Waals surface area contributed by atoms with E-state index in [0.29, 0.717) is 5.92 Å². The van der Waals surface area contributed by atoms with Gasteiger partial charge in [0.2, 0.25) is 0 Å². The third-order valence-corrected chi connectivity index (χ3v) is 6.63. The summed E-state index contributed by atoms with van der Waals surface area (Å²) in [5, 5.41) is 13.9. The largest absolute Gasteiger partial charge is 0.392 e. The Morgan fingerprint density at radius 2 is 1.52 bits per heavy atom. The maximum atomic E-state index is 10.3. The van der Waals surface area contributed by atoms with Crippen molar-refractivity contribution in [3.05, 3.63) is 0 Å². The molecule has 2 heteroatoms. The van der Waals surface area contributed by atoms with Crippen molar-refractivity contribution in [3.63, 3.8) is 0 Å². The maximum Gasteiger partial charge on any atom is 0.0692 e. The van der Waals surface area contributed by atoms with E-state index < -0.39 is 0 Å². The van der Waals surface area contributed by atoms with E-state index in [1.165, 1.54) is 77.0 Å². The van der Waals surface area contributed by atoms with Gasteiger partial charge in [-0.1, -0.05) is 44.9 Å². The zero-order chi connectivity index (χ0) is 14.5. The smallest absolute Gasteiger partial charge is 0.0692 e. The van der Waals surface area contributed by atoms with Crippen LogP contribution < -0.4 is 5.32 Å². The highest BCUT2D eigenvalue weighted by atomic mass is 16.3. The van der Waals surface area contributed by atoms with E-state index in [4.69, 9.17) is 0 Å². The number of hydrogen-bond acceptors (Lipinski definition) is 2. The molecule has 2 nitrogen and oxygen atoms in total. The van der Waals surface area contributed by atoms with E-state index in [1.54, 1.807) is 0 Å². The van der Waals surface area contributed by atoms with Gasteiger partial charge in [0.15, 0.2) is 0 Å². The van der Waals surface area contributed by atoms with Gasteiger partial charge in [0.1, 0.15) is 0 Å². The Morgan fingerprint density at radius 3 is 2.33 bits per heavy atom. The second-order valence-electron chi connectivity index (χ2n) is 8.11. The average molecular weight is 293 g/mol. The molecule has 3 fully saturated rings. The van der Waals surface area contributed by atoms with Gasteiger partial charge >= 0.3 is 0 Å². The molecule has 0 aromatic heterocycles. The number of rotatable bonds is 5. The number of fused-ring (bicyclic) bond motifs is 1. The average Bonchev–Trinajstić information content (AvgIpc) is 2.55. The second kappa shape index (κ2) is 7.97. The lowest BCUT2D eigenvalue weighted by molar-refractivity contribution is 0.0793. The third kappa shape index (κ3) is 4.45. The molecule has 0 aromatic carbocycles. The molecule has 0 aliphatic heterocycles. The lowest BCUT2D eigenvalue weighted by atomic mass is 9.67. The van der Waals surface area contributed by atoms with Crippen molar-refractivity contribution in [2.75, 3.05) is 13.1 Å². The number of hydrogen-bond donors (Lipinski definition) is 2. The van der Waals surface area contributed by atoms with Crippen LogP contribution >= 0.6 is 0 Å². The molecule has 2 N–H and O–H groups in total. The van der Waals surface area contributed by atoms with Gasteiger partial charge in [-0.3, -0.25) is 0 Å². The van der Waals surface area contributed by atoms with E-state index in [2.05, 4.69) is 5.32 Å². The first kappa shape index (κ1) is 15.8. The van der Waals surface area contributed by atoms with Crippen molar-refractivity contribution in [2.24, 2.45) is 23.7 Å². The van der Waals surface area contributed by atoms with Gasteiger partial charge < -0.3 is 10.4 Å². The van der Waals surface area contributed by atoms with Crippen LogP contribution in [-0.2, 0) is 0 Å². The maximum absolute atomic E-state index is 10.3. The first-order valence-electron chi connectivity index (χ1n) is 9.71. The summed E-state index contributed by atoms with van der Waals surface area (Å²) in [7, 11) is 0. The van der Waals surface area contributed by atoms with Crippen LogP contribution in [0.4, 0.5) is 0 Å². The Morgan fingerprint density at radius 1 is 0.810 bits per heavy atom. The fraction of sp³-hybridized carbons (Fsp3) is 1.00. The molecule has 0 bridgehead atoms. The third-order valence-electron chi connectivity index (χ3n) is 6.63. The summed E-state index contributed by atoms with van der Waals surface area (Å²) in [5.74, 6) is 3.54. The summed E-state index contributed by atoms with van der Waals surface area (Å²) in [5.41, 5.74) is 0. The minimum Gasteiger partial charge on any atom is -0.392 e. The van der Waals surface area contributed by atoms with Crippen LogP contribution in [0.15, 0.2) is 0 Å². The van der Waals surface area contributed by atoms with Gasteiger partial charge in [0, 0.05) is 6.54 Å². The van der Waals surface area contributed by atoms with Gasteiger partial charge in [-0.15, -0.1) is 0 Å². The van der Waals surface area contributed by atoms with Crippen molar-refractivity contribution < 1.29 is 5.11 Å². The zero-order valence-electron chi connectivity index (χ0n) is 13.7. The first-order chi connectivity index (χ1) is 10.3. The Hall–Kier alpha value is -0.0800. The number of aliphatic hydroxyl groups excluding tert-OH is 1. The fourth-order valence-electron chi connectivity index (χ4n) is 5.28. The molecule has 0 aromatic rings. The summed E-state index contributed by atoms with van der Waals surface area (Å²) < 4.78 is 0.